The molecule has 6 nitrogen and oxygen atoms in total. The first kappa shape index (κ1) is 20.8. The zero-order valence-electron chi connectivity index (χ0n) is 17.1. The van der Waals surface area contributed by atoms with Gasteiger partial charge in [0.25, 0.3) is 5.91 Å². The molecule has 2 heterocycles. The number of carbonyl (C=O) groups is 1. The summed E-state index contributed by atoms with van der Waals surface area (Å²) in [6.45, 7) is 4.92. The van der Waals surface area contributed by atoms with Crippen LogP contribution in [0.1, 0.15) is 32.9 Å². The van der Waals surface area contributed by atoms with Crippen LogP contribution in [0.5, 0.6) is 0 Å². The smallest absolute Gasteiger partial charge is 0.256 e. The number of aryl methyl sites for hydroxylation is 2. The van der Waals surface area contributed by atoms with Crippen molar-refractivity contribution in [3.05, 3.63) is 99.7 Å². The van der Waals surface area contributed by atoms with Crippen molar-refractivity contribution in [3.63, 3.8) is 0 Å². The molecule has 0 unspecified atom stereocenters. The Morgan fingerprint density at radius 3 is 2.65 bits per heavy atom. The second kappa shape index (κ2) is 8.73. The number of aromatic nitrogens is 4. The van der Waals surface area contributed by atoms with Crippen LogP contribution in [-0.2, 0) is 13.1 Å². The highest BCUT2D eigenvalue weighted by Crippen LogP contribution is 2.19. The molecule has 8 heteroatoms. The molecule has 0 bridgehead atoms. The molecule has 2 aromatic heterocycles. The number of nitrogens with one attached hydrogen (secondary N) is 1. The van der Waals surface area contributed by atoms with E-state index < -0.39 is 0 Å². The Balaban J connectivity index is 1.43. The summed E-state index contributed by atoms with van der Waals surface area (Å²) in [7, 11) is 0. The van der Waals surface area contributed by atoms with E-state index in [4.69, 9.17) is 11.6 Å². The van der Waals surface area contributed by atoms with E-state index >= 15 is 0 Å². The van der Waals surface area contributed by atoms with Gasteiger partial charge in [-0.25, -0.2) is 4.39 Å². The number of hydrogen-bond donors (Lipinski definition) is 1. The Hall–Kier alpha value is -3.45. The molecule has 0 saturated carbocycles. The van der Waals surface area contributed by atoms with Crippen molar-refractivity contribution < 1.29 is 9.18 Å². The maximum absolute atomic E-state index is 13.2. The minimum absolute atomic E-state index is 0.250. The molecule has 0 aliphatic rings. The molecule has 31 heavy (non-hydrogen) atoms. The second-order valence-corrected chi connectivity index (χ2v) is 7.78. The number of amides is 1. The zero-order valence-corrected chi connectivity index (χ0v) is 17.9. The van der Waals surface area contributed by atoms with Gasteiger partial charge in [-0.1, -0.05) is 29.8 Å². The lowest BCUT2D eigenvalue weighted by Gasteiger charge is -2.08. The number of rotatable bonds is 6. The van der Waals surface area contributed by atoms with Gasteiger partial charge in [-0.3, -0.25) is 14.2 Å². The number of halogens is 2. The van der Waals surface area contributed by atoms with E-state index in [1.54, 1.807) is 29.1 Å². The largest absolute Gasteiger partial charge is 0.305 e. The van der Waals surface area contributed by atoms with Gasteiger partial charge in [0, 0.05) is 28.5 Å². The predicted molar refractivity (Wildman–Crippen MR) is 118 cm³/mol. The molecule has 4 aromatic rings. The fraction of sp³-hybridized carbons (Fsp3) is 0.174. The van der Waals surface area contributed by atoms with Crippen molar-refractivity contribution in [2.75, 3.05) is 5.32 Å². The molecule has 0 atom stereocenters. The molecule has 0 saturated heterocycles. The van der Waals surface area contributed by atoms with Gasteiger partial charge >= 0.3 is 0 Å². The van der Waals surface area contributed by atoms with E-state index in [1.165, 1.54) is 12.1 Å². The molecule has 1 N–H and O–H groups in total. The molecule has 0 radical (unpaired) electrons. The average Bonchev–Trinajstić information content (AvgIpc) is 3.29. The average molecular weight is 438 g/mol. The van der Waals surface area contributed by atoms with Crippen LogP contribution in [0.3, 0.4) is 0 Å². The first-order valence-electron chi connectivity index (χ1n) is 9.76. The number of carbonyl (C=O) groups excluding carboxylic acids is 1. The van der Waals surface area contributed by atoms with Crippen LogP contribution in [0, 0.1) is 19.7 Å². The summed E-state index contributed by atoms with van der Waals surface area (Å²) in [5.41, 5.74) is 4.29. The van der Waals surface area contributed by atoms with Crippen LogP contribution >= 0.6 is 11.6 Å². The van der Waals surface area contributed by atoms with Crippen molar-refractivity contribution in [2.24, 2.45) is 0 Å². The Morgan fingerprint density at radius 1 is 1.06 bits per heavy atom. The van der Waals surface area contributed by atoms with E-state index in [9.17, 15) is 9.18 Å². The molecule has 1 amide bonds. The number of benzene rings is 2. The molecule has 0 aliphatic heterocycles. The molecule has 0 aliphatic carbocycles. The summed E-state index contributed by atoms with van der Waals surface area (Å²) in [5.74, 6) is -0.213. The van der Waals surface area contributed by atoms with E-state index in [-0.39, 0.29) is 11.7 Å². The minimum atomic E-state index is -0.387. The van der Waals surface area contributed by atoms with Crippen LogP contribution in [0.15, 0.2) is 60.8 Å². The topological polar surface area (TPSA) is 64.7 Å². The second-order valence-electron chi connectivity index (χ2n) is 7.37. The third-order valence-corrected chi connectivity index (χ3v) is 5.21. The maximum atomic E-state index is 13.2. The maximum Gasteiger partial charge on any atom is 0.256 e. The van der Waals surface area contributed by atoms with Crippen molar-refractivity contribution in [1.82, 2.24) is 19.6 Å². The number of anilines is 1. The molecule has 4 rings (SSSR count). The number of hydrogen-bond acceptors (Lipinski definition) is 3. The van der Waals surface area contributed by atoms with Gasteiger partial charge in [-0.2, -0.15) is 10.2 Å². The summed E-state index contributed by atoms with van der Waals surface area (Å²) in [4.78, 5) is 12.7. The fourth-order valence-electron chi connectivity index (χ4n) is 3.35. The Kier molecular flexibility index (Phi) is 5.86. The van der Waals surface area contributed by atoms with Gasteiger partial charge < -0.3 is 5.32 Å². The normalized spacial score (nSPS) is 11.0. The molecule has 0 fully saturated rings. The molecular formula is C23H21ClFN5O. The van der Waals surface area contributed by atoms with Crippen LogP contribution in [0.4, 0.5) is 10.2 Å². The summed E-state index contributed by atoms with van der Waals surface area (Å²) >= 11 is 6.08. The lowest BCUT2D eigenvalue weighted by atomic mass is 10.1. The summed E-state index contributed by atoms with van der Waals surface area (Å²) < 4.78 is 16.8. The highest BCUT2D eigenvalue weighted by atomic mass is 35.5. The lowest BCUT2D eigenvalue weighted by molar-refractivity contribution is 0.102. The fourth-order valence-corrected chi connectivity index (χ4v) is 3.58. The third-order valence-electron chi connectivity index (χ3n) is 4.85. The highest BCUT2D eigenvalue weighted by Gasteiger charge is 2.11. The Labute approximate surface area is 184 Å². The highest BCUT2D eigenvalue weighted by molar-refractivity contribution is 6.31. The third kappa shape index (κ3) is 5.00. The number of nitrogens with zero attached hydrogens (tertiary/aromatic N) is 4. The molecule has 2 aromatic carbocycles. The molecular weight excluding hydrogens is 417 g/mol. The first-order valence-corrected chi connectivity index (χ1v) is 10.1. The van der Waals surface area contributed by atoms with Crippen molar-refractivity contribution in [2.45, 2.75) is 26.9 Å². The van der Waals surface area contributed by atoms with Crippen LogP contribution < -0.4 is 5.32 Å². The van der Waals surface area contributed by atoms with Gasteiger partial charge in [0.1, 0.15) is 5.82 Å². The monoisotopic (exact) mass is 437 g/mol. The van der Waals surface area contributed by atoms with Crippen LogP contribution in [-0.4, -0.2) is 25.5 Å². The van der Waals surface area contributed by atoms with Gasteiger partial charge in [-0.05, 0) is 55.3 Å². The van der Waals surface area contributed by atoms with E-state index in [2.05, 4.69) is 15.5 Å². The van der Waals surface area contributed by atoms with Crippen molar-refractivity contribution >= 4 is 23.3 Å². The van der Waals surface area contributed by atoms with Crippen LogP contribution in [0.25, 0.3) is 0 Å². The standard InChI is InChI=1S/C23H21ClFN5O/c1-15-10-16(2)30(27-15)13-17-4-3-5-18(11-17)23(31)26-22-8-9-29(28-22)14-19-6-7-20(25)12-21(19)24/h3-12H,13-14H2,1-2H3,(H,26,28,31). The zero-order chi connectivity index (χ0) is 22.0. The molecule has 158 valence electrons. The van der Waals surface area contributed by atoms with Crippen molar-refractivity contribution in [3.8, 4) is 0 Å². The lowest BCUT2D eigenvalue weighted by Crippen LogP contribution is -2.14. The van der Waals surface area contributed by atoms with Gasteiger partial charge in [-0.15, -0.1) is 0 Å². The van der Waals surface area contributed by atoms with Crippen LogP contribution in [0.2, 0.25) is 5.02 Å². The Morgan fingerprint density at radius 2 is 1.90 bits per heavy atom. The molecule has 0 spiro atoms. The summed E-state index contributed by atoms with van der Waals surface area (Å²) in [6.07, 6.45) is 1.73. The minimum Gasteiger partial charge on any atom is -0.305 e. The van der Waals surface area contributed by atoms with Crippen molar-refractivity contribution in [1.29, 1.82) is 0 Å². The van der Waals surface area contributed by atoms with E-state index in [0.717, 1.165) is 22.5 Å². The summed E-state index contributed by atoms with van der Waals surface area (Å²) in [5, 5.41) is 12.0. The summed E-state index contributed by atoms with van der Waals surface area (Å²) in [6, 6.07) is 15.4. The quantitative estimate of drug-likeness (QED) is 0.469. The SMILES string of the molecule is Cc1cc(C)n(Cc2cccc(C(=O)Nc3ccn(Cc4ccc(F)cc4Cl)n3)c2)n1. The van der Waals surface area contributed by atoms with Gasteiger partial charge in [0.2, 0.25) is 0 Å². The first-order chi connectivity index (χ1) is 14.9. The van der Waals surface area contributed by atoms with Gasteiger partial charge in [0.15, 0.2) is 5.82 Å². The Bertz CT molecular complexity index is 1250. The van der Waals surface area contributed by atoms with E-state index in [1.807, 2.05) is 42.8 Å². The van der Waals surface area contributed by atoms with E-state index in [0.29, 0.717) is 29.5 Å². The predicted octanol–water partition coefficient (Wildman–Crippen LogP) is 4.84. The van der Waals surface area contributed by atoms with Gasteiger partial charge in [0.05, 0.1) is 18.8 Å².